The second-order valence-electron chi connectivity index (χ2n) is 5.49. The van der Waals surface area contributed by atoms with Crippen LogP contribution in [0.4, 0.5) is 5.69 Å². The van der Waals surface area contributed by atoms with Crippen molar-refractivity contribution in [3.05, 3.63) is 53.6 Å². The maximum atomic E-state index is 12.0. The number of rotatable bonds is 5. The summed E-state index contributed by atoms with van der Waals surface area (Å²) in [4.78, 5) is 23.9. The Labute approximate surface area is 139 Å². The summed E-state index contributed by atoms with van der Waals surface area (Å²) in [6.07, 6.45) is 0.187. The van der Waals surface area contributed by atoms with Crippen LogP contribution in [0.2, 0.25) is 0 Å². The SMILES string of the molecule is Cc1cccc(C(=O)NCCC(=O)Nc2ccc3c(c2)OCO3)c1. The van der Waals surface area contributed by atoms with E-state index in [1.807, 2.05) is 25.1 Å². The molecule has 0 spiro atoms. The highest BCUT2D eigenvalue weighted by Gasteiger charge is 2.14. The van der Waals surface area contributed by atoms with Crippen LogP contribution in [0.5, 0.6) is 11.5 Å². The van der Waals surface area contributed by atoms with E-state index >= 15 is 0 Å². The molecule has 1 heterocycles. The molecule has 2 N–H and O–H groups in total. The zero-order valence-electron chi connectivity index (χ0n) is 13.3. The van der Waals surface area contributed by atoms with Gasteiger partial charge in [-0.3, -0.25) is 9.59 Å². The molecule has 3 rings (SSSR count). The molecule has 0 aliphatic carbocycles. The van der Waals surface area contributed by atoms with Crippen molar-refractivity contribution in [2.45, 2.75) is 13.3 Å². The summed E-state index contributed by atoms with van der Waals surface area (Å²) in [5.41, 5.74) is 2.24. The predicted molar refractivity (Wildman–Crippen MR) is 89.3 cm³/mol. The minimum atomic E-state index is -0.186. The summed E-state index contributed by atoms with van der Waals surface area (Å²) >= 11 is 0. The van der Waals surface area contributed by atoms with Crippen molar-refractivity contribution < 1.29 is 19.1 Å². The van der Waals surface area contributed by atoms with Crippen molar-refractivity contribution in [1.82, 2.24) is 5.32 Å². The maximum Gasteiger partial charge on any atom is 0.251 e. The maximum absolute atomic E-state index is 12.0. The van der Waals surface area contributed by atoms with Gasteiger partial charge >= 0.3 is 0 Å². The first kappa shape index (κ1) is 15.9. The van der Waals surface area contributed by atoms with Crippen LogP contribution in [0, 0.1) is 6.92 Å². The molecule has 24 heavy (non-hydrogen) atoms. The third kappa shape index (κ3) is 3.84. The molecule has 0 fully saturated rings. The number of ether oxygens (including phenoxy) is 2. The van der Waals surface area contributed by atoms with Crippen molar-refractivity contribution in [3.8, 4) is 11.5 Å². The number of anilines is 1. The monoisotopic (exact) mass is 326 g/mol. The Kier molecular flexibility index (Phi) is 4.65. The van der Waals surface area contributed by atoms with Crippen LogP contribution in [0.1, 0.15) is 22.3 Å². The van der Waals surface area contributed by atoms with Crippen LogP contribution < -0.4 is 20.1 Å². The van der Waals surface area contributed by atoms with E-state index in [-0.39, 0.29) is 31.6 Å². The third-order valence-corrected chi connectivity index (χ3v) is 3.57. The molecule has 0 saturated heterocycles. The van der Waals surface area contributed by atoms with Gasteiger partial charge in [0.1, 0.15) is 0 Å². The van der Waals surface area contributed by atoms with E-state index in [1.54, 1.807) is 24.3 Å². The summed E-state index contributed by atoms with van der Waals surface area (Å²) in [5, 5.41) is 5.51. The smallest absolute Gasteiger partial charge is 0.251 e. The van der Waals surface area contributed by atoms with Crippen molar-refractivity contribution in [2.24, 2.45) is 0 Å². The molecule has 0 unspecified atom stereocenters. The third-order valence-electron chi connectivity index (χ3n) is 3.57. The zero-order chi connectivity index (χ0) is 16.9. The lowest BCUT2D eigenvalue weighted by atomic mass is 10.1. The van der Waals surface area contributed by atoms with Gasteiger partial charge in [0, 0.05) is 30.3 Å². The molecule has 0 saturated carbocycles. The van der Waals surface area contributed by atoms with Crippen LogP contribution >= 0.6 is 0 Å². The molecule has 1 aliphatic rings. The standard InChI is InChI=1S/C18H18N2O4/c1-12-3-2-4-13(9-12)18(22)19-8-7-17(21)20-14-5-6-15-16(10-14)24-11-23-15/h2-6,9-10H,7-8,11H2,1H3,(H,19,22)(H,20,21). The predicted octanol–water partition coefficient (Wildman–Crippen LogP) is 2.48. The highest BCUT2D eigenvalue weighted by Crippen LogP contribution is 2.34. The Morgan fingerprint density at radius 1 is 1.08 bits per heavy atom. The number of benzene rings is 2. The number of fused-ring (bicyclic) bond motifs is 1. The minimum absolute atomic E-state index is 0.182. The summed E-state index contributed by atoms with van der Waals surface area (Å²) in [6.45, 7) is 2.39. The van der Waals surface area contributed by atoms with Crippen LogP contribution in [0.25, 0.3) is 0 Å². The summed E-state index contributed by atoms with van der Waals surface area (Å²) in [5.74, 6) is 0.909. The fourth-order valence-corrected chi connectivity index (χ4v) is 2.38. The Balaban J connectivity index is 1.46. The van der Waals surface area contributed by atoms with Gasteiger partial charge in [0.15, 0.2) is 11.5 Å². The van der Waals surface area contributed by atoms with Gasteiger partial charge in [-0.05, 0) is 31.2 Å². The quantitative estimate of drug-likeness (QED) is 0.885. The van der Waals surface area contributed by atoms with E-state index < -0.39 is 0 Å². The molecule has 0 aromatic heterocycles. The van der Waals surface area contributed by atoms with E-state index in [0.29, 0.717) is 22.7 Å². The van der Waals surface area contributed by atoms with Gasteiger partial charge in [-0.2, -0.15) is 0 Å². The number of amides is 2. The van der Waals surface area contributed by atoms with Gasteiger partial charge in [-0.15, -0.1) is 0 Å². The van der Waals surface area contributed by atoms with Crippen molar-refractivity contribution in [2.75, 3.05) is 18.7 Å². The second-order valence-corrected chi connectivity index (χ2v) is 5.49. The molecule has 6 nitrogen and oxygen atoms in total. The average Bonchev–Trinajstić information content (AvgIpc) is 3.02. The van der Waals surface area contributed by atoms with Crippen molar-refractivity contribution in [3.63, 3.8) is 0 Å². The molecule has 0 atom stereocenters. The fraction of sp³-hybridized carbons (Fsp3) is 0.222. The number of nitrogens with one attached hydrogen (secondary N) is 2. The normalized spacial score (nSPS) is 11.9. The molecule has 2 amide bonds. The topological polar surface area (TPSA) is 76.7 Å². The largest absolute Gasteiger partial charge is 0.454 e. The fourth-order valence-electron chi connectivity index (χ4n) is 2.38. The molecule has 2 aromatic carbocycles. The van der Waals surface area contributed by atoms with Gasteiger partial charge in [-0.25, -0.2) is 0 Å². The Morgan fingerprint density at radius 2 is 1.92 bits per heavy atom. The van der Waals surface area contributed by atoms with Gasteiger partial charge in [0.2, 0.25) is 12.7 Å². The van der Waals surface area contributed by atoms with Crippen LogP contribution in [-0.4, -0.2) is 25.2 Å². The Hall–Kier alpha value is -3.02. The van der Waals surface area contributed by atoms with E-state index in [2.05, 4.69) is 10.6 Å². The first-order valence-electron chi connectivity index (χ1n) is 7.66. The van der Waals surface area contributed by atoms with Crippen LogP contribution in [-0.2, 0) is 4.79 Å². The highest BCUT2D eigenvalue weighted by molar-refractivity contribution is 5.95. The number of aryl methyl sites for hydroxylation is 1. The summed E-state index contributed by atoms with van der Waals surface area (Å²) in [7, 11) is 0. The number of hydrogen-bond donors (Lipinski definition) is 2. The van der Waals surface area contributed by atoms with Gasteiger partial charge < -0.3 is 20.1 Å². The molecular weight excluding hydrogens is 308 g/mol. The Morgan fingerprint density at radius 3 is 2.75 bits per heavy atom. The summed E-state index contributed by atoms with van der Waals surface area (Å²) < 4.78 is 10.5. The second kappa shape index (κ2) is 7.04. The molecule has 0 radical (unpaired) electrons. The highest BCUT2D eigenvalue weighted by atomic mass is 16.7. The molecule has 124 valence electrons. The molecule has 2 aromatic rings. The average molecular weight is 326 g/mol. The number of carbonyl (C=O) groups excluding carboxylic acids is 2. The number of hydrogen-bond acceptors (Lipinski definition) is 4. The van der Waals surface area contributed by atoms with E-state index in [1.165, 1.54) is 0 Å². The van der Waals surface area contributed by atoms with Gasteiger partial charge in [0.05, 0.1) is 0 Å². The molecule has 1 aliphatic heterocycles. The van der Waals surface area contributed by atoms with Crippen molar-refractivity contribution >= 4 is 17.5 Å². The lowest BCUT2D eigenvalue weighted by Gasteiger charge is -2.08. The van der Waals surface area contributed by atoms with Gasteiger partial charge in [0.25, 0.3) is 5.91 Å². The van der Waals surface area contributed by atoms with E-state index in [0.717, 1.165) is 5.56 Å². The molecule has 0 bridgehead atoms. The summed E-state index contributed by atoms with van der Waals surface area (Å²) in [6, 6.07) is 12.5. The molecule has 6 heteroatoms. The first-order chi connectivity index (χ1) is 11.6. The minimum Gasteiger partial charge on any atom is -0.454 e. The van der Waals surface area contributed by atoms with E-state index in [9.17, 15) is 9.59 Å². The first-order valence-corrected chi connectivity index (χ1v) is 7.66. The zero-order valence-corrected chi connectivity index (χ0v) is 13.3. The van der Waals surface area contributed by atoms with Crippen LogP contribution in [0.3, 0.4) is 0 Å². The van der Waals surface area contributed by atoms with Crippen LogP contribution in [0.15, 0.2) is 42.5 Å². The molecular formula is C18H18N2O4. The Bertz CT molecular complexity index is 773. The van der Waals surface area contributed by atoms with E-state index in [4.69, 9.17) is 9.47 Å². The van der Waals surface area contributed by atoms with Gasteiger partial charge in [-0.1, -0.05) is 17.7 Å². The number of carbonyl (C=O) groups is 2. The lowest BCUT2D eigenvalue weighted by Crippen LogP contribution is -2.27. The van der Waals surface area contributed by atoms with Crippen molar-refractivity contribution in [1.29, 1.82) is 0 Å². The lowest BCUT2D eigenvalue weighted by molar-refractivity contribution is -0.116.